The molecule has 2 N–H and O–H groups in total. The molecule has 2 aliphatic heterocycles. The van der Waals surface area contributed by atoms with E-state index in [4.69, 9.17) is 9.47 Å². The van der Waals surface area contributed by atoms with Gasteiger partial charge in [-0.2, -0.15) is 0 Å². The molecule has 6 nitrogen and oxygen atoms in total. The summed E-state index contributed by atoms with van der Waals surface area (Å²) >= 11 is 0. The molecule has 0 radical (unpaired) electrons. The van der Waals surface area contributed by atoms with E-state index >= 15 is 0 Å². The molecule has 29 heavy (non-hydrogen) atoms. The Kier molecular flexibility index (Phi) is 9.25. The number of rotatable bonds is 9. The maximum atomic E-state index is 5.79. The zero-order valence-corrected chi connectivity index (χ0v) is 18.2. The quantitative estimate of drug-likeness (QED) is 0.378. The molecule has 0 bridgehead atoms. The van der Waals surface area contributed by atoms with Gasteiger partial charge in [0.2, 0.25) is 0 Å². The Balaban J connectivity index is 1.32. The molecule has 162 valence electrons. The van der Waals surface area contributed by atoms with Crippen molar-refractivity contribution in [3.05, 3.63) is 35.4 Å². The first-order valence-corrected chi connectivity index (χ1v) is 11.2. The van der Waals surface area contributed by atoms with Crippen LogP contribution < -0.4 is 10.6 Å². The van der Waals surface area contributed by atoms with Gasteiger partial charge in [-0.1, -0.05) is 30.7 Å². The predicted octanol–water partition coefficient (Wildman–Crippen LogP) is 2.92. The zero-order chi connectivity index (χ0) is 20.3. The minimum Gasteiger partial charge on any atom is -0.379 e. The second kappa shape index (κ2) is 12.2. The zero-order valence-electron chi connectivity index (χ0n) is 18.2. The maximum Gasteiger partial charge on any atom is 0.191 e. The SMILES string of the molecule is CN=C(NCCCOC1CCOC1)NCc1ccc(CN2CCCCC2C)cc1. The molecular formula is C23H38N4O2. The average Bonchev–Trinajstić information content (AvgIpc) is 3.26. The Hall–Kier alpha value is -1.63. The van der Waals surface area contributed by atoms with Crippen molar-refractivity contribution in [1.29, 1.82) is 0 Å². The number of piperidine rings is 1. The summed E-state index contributed by atoms with van der Waals surface area (Å²) in [5, 5.41) is 6.75. The van der Waals surface area contributed by atoms with Crippen molar-refractivity contribution in [3.63, 3.8) is 0 Å². The summed E-state index contributed by atoms with van der Waals surface area (Å²) in [5.74, 6) is 0.834. The molecule has 1 aromatic rings. The first kappa shape index (κ1) is 22.1. The number of hydrogen-bond donors (Lipinski definition) is 2. The summed E-state index contributed by atoms with van der Waals surface area (Å²) in [5.41, 5.74) is 2.67. The Morgan fingerprint density at radius 1 is 1.17 bits per heavy atom. The molecule has 0 aliphatic carbocycles. The third-order valence-electron chi connectivity index (χ3n) is 5.89. The van der Waals surface area contributed by atoms with Gasteiger partial charge >= 0.3 is 0 Å². The topological polar surface area (TPSA) is 58.1 Å². The molecule has 2 saturated heterocycles. The van der Waals surface area contributed by atoms with Crippen LogP contribution in [0, 0.1) is 0 Å². The third kappa shape index (κ3) is 7.61. The highest BCUT2D eigenvalue weighted by Gasteiger charge is 2.18. The summed E-state index contributed by atoms with van der Waals surface area (Å²) in [6.45, 7) is 8.60. The smallest absolute Gasteiger partial charge is 0.191 e. The minimum absolute atomic E-state index is 0.286. The number of likely N-dealkylation sites (tertiary alicyclic amines) is 1. The lowest BCUT2D eigenvalue weighted by Crippen LogP contribution is -2.37. The van der Waals surface area contributed by atoms with Crippen LogP contribution in [0.15, 0.2) is 29.3 Å². The fraction of sp³-hybridized carbons (Fsp3) is 0.696. The van der Waals surface area contributed by atoms with Crippen LogP contribution in [0.3, 0.4) is 0 Å². The van der Waals surface area contributed by atoms with Gasteiger partial charge in [0.15, 0.2) is 5.96 Å². The van der Waals surface area contributed by atoms with Crippen molar-refractivity contribution in [2.75, 3.05) is 40.0 Å². The fourth-order valence-electron chi connectivity index (χ4n) is 3.97. The molecule has 2 heterocycles. The standard InChI is InChI=1S/C23H38N4O2/c1-19-6-3-4-13-27(19)17-21-9-7-20(8-10-21)16-26-23(24-2)25-12-5-14-29-22-11-15-28-18-22/h7-10,19,22H,3-6,11-18H2,1-2H3,(H2,24,25,26). The van der Waals surface area contributed by atoms with Gasteiger partial charge in [-0.15, -0.1) is 0 Å². The normalized spacial score (nSPS) is 23.3. The van der Waals surface area contributed by atoms with E-state index in [9.17, 15) is 0 Å². The van der Waals surface area contributed by atoms with Gasteiger partial charge in [0.05, 0.1) is 12.7 Å². The second-order valence-corrected chi connectivity index (χ2v) is 8.19. The molecule has 2 fully saturated rings. The Labute approximate surface area is 176 Å². The van der Waals surface area contributed by atoms with Crippen LogP contribution in [0.25, 0.3) is 0 Å². The lowest BCUT2D eigenvalue weighted by Gasteiger charge is -2.33. The summed E-state index contributed by atoms with van der Waals surface area (Å²) < 4.78 is 11.1. The monoisotopic (exact) mass is 402 g/mol. The van der Waals surface area contributed by atoms with Gasteiger partial charge in [-0.25, -0.2) is 0 Å². The van der Waals surface area contributed by atoms with Crippen LogP contribution in [0.5, 0.6) is 0 Å². The molecule has 2 unspecified atom stereocenters. The molecule has 2 aliphatic rings. The van der Waals surface area contributed by atoms with Crippen LogP contribution in [-0.4, -0.2) is 63.0 Å². The average molecular weight is 403 g/mol. The van der Waals surface area contributed by atoms with Crippen molar-refractivity contribution in [2.45, 2.75) is 64.3 Å². The minimum atomic E-state index is 0.286. The number of benzene rings is 1. The van der Waals surface area contributed by atoms with Crippen molar-refractivity contribution in [3.8, 4) is 0 Å². The number of nitrogens with one attached hydrogen (secondary N) is 2. The Morgan fingerprint density at radius 3 is 2.72 bits per heavy atom. The highest BCUT2D eigenvalue weighted by molar-refractivity contribution is 5.79. The number of guanidine groups is 1. The van der Waals surface area contributed by atoms with Gasteiger partial charge in [0.1, 0.15) is 0 Å². The summed E-state index contributed by atoms with van der Waals surface area (Å²) in [7, 11) is 1.81. The van der Waals surface area contributed by atoms with Crippen LogP contribution >= 0.6 is 0 Å². The Morgan fingerprint density at radius 2 is 2.00 bits per heavy atom. The molecule has 0 amide bonds. The van der Waals surface area contributed by atoms with Gasteiger partial charge in [-0.05, 0) is 50.3 Å². The number of hydrogen-bond acceptors (Lipinski definition) is 4. The van der Waals surface area contributed by atoms with Crippen LogP contribution in [-0.2, 0) is 22.6 Å². The van der Waals surface area contributed by atoms with Crippen molar-refractivity contribution < 1.29 is 9.47 Å². The summed E-state index contributed by atoms with van der Waals surface area (Å²) in [6, 6.07) is 9.68. The molecule has 0 aromatic heterocycles. The van der Waals surface area contributed by atoms with Gasteiger partial charge in [-0.3, -0.25) is 9.89 Å². The highest BCUT2D eigenvalue weighted by Crippen LogP contribution is 2.19. The first-order chi connectivity index (χ1) is 14.2. The Bertz CT molecular complexity index is 614. The highest BCUT2D eigenvalue weighted by atomic mass is 16.5. The van der Waals surface area contributed by atoms with Crippen molar-refractivity contribution >= 4 is 5.96 Å². The molecule has 3 rings (SSSR count). The van der Waals surface area contributed by atoms with E-state index in [-0.39, 0.29) is 6.10 Å². The second-order valence-electron chi connectivity index (χ2n) is 8.19. The summed E-state index contributed by atoms with van der Waals surface area (Å²) in [4.78, 5) is 6.91. The molecule has 6 heteroatoms. The molecule has 0 saturated carbocycles. The maximum absolute atomic E-state index is 5.79. The van der Waals surface area contributed by atoms with E-state index in [1.807, 2.05) is 7.05 Å². The summed E-state index contributed by atoms with van der Waals surface area (Å²) in [6.07, 6.45) is 6.30. The number of nitrogens with zero attached hydrogens (tertiary/aromatic N) is 2. The van der Waals surface area contributed by atoms with E-state index in [1.165, 1.54) is 36.9 Å². The predicted molar refractivity (Wildman–Crippen MR) is 118 cm³/mol. The number of ether oxygens (including phenoxy) is 2. The molecule has 2 atom stereocenters. The third-order valence-corrected chi connectivity index (χ3v) is 5.89. The van der Waals surface area contributed by atoms with Crippen LogP contribution in [0.1, 0.15) is 50.2 Å². The van der Waals surface area contributed by atoms with E-state index in [1.54, 1.807) is 0 Å². The van der Waals surface area contributed by atoms with Crippen LogP contribution in [0.4, 0.5) is 0 Å². The van der Waals surface area contributed by atoms with Crippen molar-refractivity contribution in [2.24, 2.45) is 4.99 Å². The van der Waals surface area contributed by atoms with Gasteiger partial charge in [0.25, 0.3) is 0 Å². The van der Waals surface area contributed by atoms with E-state index in [0.717, 1.165) is 58.3 Å². The van der Waals surface area contributed by atoms with Crippen molar-refractivity contribution in [1.82, 2.24) is 15.5 Å². The first-order valence-electron chi connectivity index (χ1n) is 11.2. The lowest BCUT2D eigenvalue weighted by molar-refractivity contribution is 0.0420. The lowest BCUT2D eigenvalue weighted by atomic mass is 10.0. The molecule has 0 spiro atoms. The van der Waals surface area contributed by atoms with Gasteiger partial charge < -0.3 is 20.1 Å². The van der Waals surface area contributed by atoms with E-state index < -0.39 is 0 Å². The molecule has 1 aromatic carbocycles. The molecular weight excluding hydrogens is 364 g/mol. The van der Waals surface area contributed by atoms with Gasteiger partial charge in [0, 0.05) is 45.9 Å². The number of aliphatic imine (C=N–C) groups is 1. The van der Waals surface area contributed by atoms with E-state index in [0.29, 0.717) is 6.04 Å². The van der Waals surface area contributed by atoms with Crippen LogP contribution in [0.2, 0.25) is 0 Å². The largest absolute Gasteiger partial charge is 0.379 e. The van der Waals surface area contributed by atoms with E-state index in [2.05, 4.69) is 51.7 Å². The fourth-order valence-corrected chi connectivity index (χ4v) is 3.97.